The quantitative estimate of drug-likeness (QED) is 0.156. The van der Waals surface area contributed by atoms with E-state index in [-0.39, 0.29) is 5.11 Å². The molecule has 2 N–H and O–H groups in total. The molecule has 0 unspecified atom stereocenters. The van der Waals surface area contributed by atoms with E-state index in [1.54, 1.807) is 42.5 Å². The van der Waals surface area contributed by atoms with E-state index < -0.39 is 5.91 Å². The third-order valence-corrected chi connectivity index (χ3v) is 6.92. The lowest BCUT2D eigenvalue weighted by molar-refractivity contribution is -0.115. The summed E-state index contributed by atoms with van der Waals surface area (Å²) in [5.74, 6) is 1.28. The summed E-state index contributed by atoms with van der Waals surface area (Å²) in [7, 11) is 0. The van der Waals surface area contributed by atoms with Crippen LogP contribution in [-0.2, 0) is 4.79 Å². The van der Waals surface area contributed by atoms with Gasteiger partial charge in [-0.1, -0.05) is 47.5 Å². The maximum Gasteiger partial charge on any atom is 0.250 e. The number of hydrogen-bond donors (Lipinski definition) is 2. The Morgan fingerprint density at radius 2 is 1.68 bits per heavy atom. The third-order valence-electron chi connectivity index (χ3n) is 6.14. The number of furan rings is 1. The van der Waals surface area contributed by atoms with Crippen molar-refractivity contribution >= 4 is 80.1 Å². The normalized spacial score (nSPS) is 11.3. The van der Waals surface area contributed by atoms with Crippen molar-refractivity contribution in [2.24, 2.45) is 0 Å². The highest BCUT2D eigenvalue weighted by Crippen LogP contribution is 2.34. The van der Waals surface area contributed by atoms with Crippen LogP contribution in [0.5, 0.6) is 0 Å². The van der Waals surface area contributed by atoms with Gasteiger partial charge in [0.05, 0.1) is 0 Å². The van der Waals surface area contributed by atoms with E-state index >= 15 is 0 Å². The molecule has 0 fully saturated rings. The molecule has 196 valence electrons. The number of carbonyl (C=O) groups excluding carboxylic acids is 1. The van der Waals surface area contributed by atoms with E-state index in [1.165, 1.54) is 6.08 Å². The third kappa shape index (κ3) is 5.49. The molecule has 6 nitrogen and oxygen atoms in total. The van der Waals surface area contributed by atoms with Crippen LogP contribution >= 0.6 is 35.4 Å². The lowest BCUT2D eigenvalue weighted by Crippen LogP contribution is -2.32. The van der Waals surface area contributed by atoms with E-state index in [0.717, 1.165) is 21.9 Å². The Labute approximate surface area is 244 Å². The Balaban J connectivity index is 1.12. The highest BCUT2D eigenvalue weighted by Gasteiger charge is 2.13. The number of fused-ring (bicyclic) bond motifs is 2. The molecule has 0 saturated heterocycles. The van der Waals surface area contributed by atoms with Crippen molar-refractivity contribution in [3.8, 4) is 22.8 Å². The molecule has 0 spiro atoms. The van der Waals surface area contributed by atoms with Gasteiger partial charge in [0.2, 0.25) is 11.8 Å². The monoisotopic (exact) mass is 583 g/mol. The summed E-state index contributed by atoms with van der Waals surface area (Å²) in [6.07, 6.45) is 2.92. The molecule has 0 bridgehead atoms. The number of rotatable bonds is 5. The van der Waals surface area contributed by atoms with Crippen LogP contribution in [0.2, 0.25) is 10.0 Å². The highest BCUT2D eigenvalue weighted by molar-refractivity contribution is 7.80. The van der Waals surface area contributed by atoms with Crippen LogP contribution in [-0.4, -0.2) is 16.0 Å². The van der Waals surface area contributed by atoms with Crippen molar-refractivity contribution in [1.82, 2.24) is 10.3 Å². The number of amides is 1. The van der Waals surface area contributed by atoms with Crippen LogP contribution in [0.3, 0.4) is 0 Å². The van der Waals surface area contributed by atoms with Gasteiger partial charge in [0, 0.05) is 38.3 Å². The maximum atomic E-state index is 12.4. The summed E-state index contributed by atoms with van der Waals surface area (Å²) in [4.78, 5) is 17.1. The molecule has 0 aliphatic rings. The fourth-order valence-electron chi connectivity index (χ4n) is 4.26. The van der Waals surface area contributed by atoms with Crippen molar-refractivity contribution in [3.63, 3.8) is 0 Å². The van der Waals surface area contributed by atoms with Gasteiger partial charge in [-0.15, -0.1) is 0 Å². The van der Waals surface area contributed by atoms with Crippen molar-refractivity contribution < 1.29 is 13.6 Å². The van der Waals surface area contributed by atoms with Gasteiger partial charge in [-0.3, -0.25) is 10.1 Å². The summed E-state index contributed by atoms with van der Waals surface area (Å²) in [5.41, 5.74) is 3.64. The molecule has 2 heterocycles. The Kier molecular flexibility index (Phi) is 7.09. The van der Waals surface area contributed by atoms with Gasteiger partial charge in [-0.05, 0) is 90.4 Å². The lowest BCUT2D eigenvalue weighted by atomic mass is 10.0. The number of hydrogen-bond acceptors (Lipinski definition) is 5. The van der Waals surface area contributed by atoms with Gasteiger partial charge >= 0.3 is 0 Å². The van der Waals surface area contributed by atoms with Gasteiger partial charge in [0.25, 0.3) is 0 Å². The minimum absolute atomic E-state index is 0.141. The SMILES string of the molecule is O=C(C=Cc1ccc(-c2ccc(Cl)cc2)o1)NC(=S)Nc1ccc2oc(-c3cccc4c(Cl)cccc34)nc2c1. The summed E-state index contributed by atoms with van der Waals surface area (Å²) in [6, 6.07) is 27.9. The van der Waals surface area contributed by atoms with E-state index in [1.807, 2.05) is 54.6 Å². The van der Waals surface area contributed by atoms with Gasteiger partial charge in [-0.2, -0.15) is 0 Å². The van der Waals surface area contributed by atoms with Crippen LogP contribution in [0, 0.1) is 0 Å². The number of nitrogens with one attached hydrogen (secondary N) is 2. The zero-order valence-electron chi connectivity index (χ0n) is 20.7. The number of benzene rings is 4. The lowest BCUT2D eigenvalue weighted by Gasteiger charge is -2.07. The zero-order chi connectivity index (χ0) is 27.6. The minimum atomic E-state index is -0.402. The number of aromatic nitrogens is 1. The van der Waals surface area contributed by atoms with Crippen molar-refractivity contribution in [2.45, 2.75) is 0 Å². The first-order valence-corrected chi connectivity index (χ1v) is 13.3. The summed E-state index contributed by atoms with van der Waals surface area (Å²) in [6.45, 7) is 0. The van der Waals surface area contributed by atoms with Crippen LogP contribution in [0.15, 0.2) is 106 Å². The summed E-state index contributed by atoms with van der Waals surface area (Å²) in [5, 5.41) is 8.97. The molecule has 40 heavy (non-hydrogen) atoms. The second kappa shape index (κ2) is 11.0. The van der Waals surface area contributed by atoms with Gasteiger partial charge in [0.1, 0.15) is 17.0 Å². The molecule has 1 amide bonds. The predicted molar refractivity (Wildman–Crippen MR) is 165 cm³/mol. The summed E-state index contributed by atoms with van der Waals surface area (Å²) < 4.78 is 11.8. The van der Waals surface area contributed by atoms with Crippen LogP contribution < -0.4 is 10.6 Å². The van der Waals surface area contributed by atoms with Crippen molar-refractivity contribution in [1.29, 1.82) is 0 Å². The van der Waals surface area contributed by atoms with Gasteiger partial charge < -0.3 is 14.2 Å². The average Bonchev–Trinajstić information content (AvgIpc) is 3.59. The first-order valence-electron chi connectivity index (χ1n) is 12.2. The first-order chi connectivity index (χ1) is 19.4. The minimum Gasteiger partial charge on any atom is -0.457 e. The molecular weight excluding hydrogens is 565 g/mol. The molecular formula is C31H19Cl2N3O3S. The molecule has 0 aliphatic heterocycles. The number of thiocarbonyl (C=S) groups is 1. The van der Waals surface area contributed by atoms with E-state index in [4.69, 9.17) is 44.3 Å². The molecule has 0 atom stereocenters. The van der Waals surface area contributed by atoms with Gasteiger partial charge in [0.15, 0.2) is 10.7 Å². The Morgan fingerprint density at radius 3 is 2.52 bits per heavy atom. The number of nitrogens with zero attached hydrogens (tertiary/aromatic N) is 1. The van der Waals surface area contributed by atoms with Crippen LogP contribution in [0.1, 0.15) is 5.76 Å². The van der Waals surface area contributed by atoms with Crippen LogP contribution in [0.25, 0.3) is 50.7 Å². The highest BCUT2D eigenvalue weighted by atomic mass is 35.5. The Morgan fingerprint density at radius 1 is 0.875 bits per heavy atom. The molecule has 4 aromatic carbocycles. The topological polar surface area (TPSA) is 80.3 Å². The smallest absolute Gasteiger partial charge is 0.250 e. The van der Waals surface area contributed by atoms with Crippen molar-refractivity contribution in [2.75, 3.05) is 5.32 Å². The molecule has 6 rings (SSSR count). The second-order valence-corrected chi connectivity index (χ2v) is 10.1. The fourth-order valence-corrected chi connectivity index (χ4v) is 4.85. The van der Waals surface area contributed by atoms with Gasteiger partial charge in [-0.25, -0.2) is 4.98 Å². The molecule has 0 aliphatic carbocycles. The zero-order valence-corrected chi connectivity index (χ0v) is 23.0. The molecule has 9 heteroatoms. The molecule has 6 aromatic rings. The average molecular weight is 584 g/mol. The Hall–Kier alpha value is -4.43. The predicted octanol–water partition coefficient (Wildman–Crippen LogP) is 8.74. The largest absolute Gasteiger partial charge is 0.457 e. The van der Waals surface area contributed by atoms with Crippen molar-refractivity contribution in [3.05, 3.63) is 113 Å². The molecule has 0 radical (unpaired) electrons. The maximum absolute atomic E-state index is 12.4. The fraction of sp³-hybridized carbons (Fsp3) is 0. The number of halogens is 2. The van der Waals surface area contributed by atoms with E-state index in [9.17, 15) is 4.79 Å². The number of oxazole rings is 1. The first kappa shape index (κ1) is 25.8. The van der Waals surface area contributed by atoms with Crippen LogP contribution in [0.4, 0.5) is 5.69 Å². The molecule has 0 saturated carbocycles. The van der Waals surface area contributed by atoms with E-state index in [2.05, 4.69) is 15.6 Å². The molecule has 2 aromatic heterocycles. The number of carbonyl (C=O) groups is 1. The summed E-state index contributed by atoms with van der Waals surface area (Å²) >= 11 is 17.6. The van der Waals surface area contributed by atoms with E-state index in [0.29, 0.717) is 44.2 Å². The standard InChI is InChI=1S/C31H19Cl2N3O3S/c32-19-9-7-18(8-10-19)27-15-12-21(38-27)13-16-29(37)36-31(40)34-20-11-14-28-26(17-20)35-30(39-28)24-5-1-4-23-22(24)3-2-6-25(23)33/h1-17H,(H2,34,36,37,40). The second-order valence-electron chi connectivity index (χ2n) is 8.83. The number of anilines is 1. The Bertz CT molecular complexity index is 1930.